The third-order valence-electron chi connectivity index (χ3n) is 4.25. The van der Waals surface area contributed by atoms with Gasteiger partial charge in [0, 0.05) is 25.1 Å². The number of nitrogens with zero attached hydrogens (tertiary/aromatic N) is 2. The molecule has 0 aromatic carbocycles. The third kappa shape index (κ3) is 3.50. The summed E-state index contributed by atoms with van der Waals surface area (Å²) in [6, 6.07) is 0. The number of thioether (sulfide) groups is 1. The number of carbonyl (C=O) groups is 1. The first-order valence-electron chi connectivity index (χ1n) is 7.95. The number of rotatable bonds is 5. The molecule has 1 fully saturated rings. The summed E-state index contributed by atoms with van der Waals surface area (Å²) in [5.41, 5.74) is 0.943. The van der Waals surface area contributed by atoms with E-state index in [-0.39, 0.29) is 23.3 Å². The molecule has 0 bridgehead atoms. The first kappa shape index (κ1) is 17.4. The molecule has 24 heavy (non-hydrogen) atoms. The third-order valence-corrected chi connectivity index (χ3v) is 6.38. The van der Waals surface area contributed by atoms with Crippen molar-refractivity contribution in [2.75, 3.05) is 18.9 Å². The van der Waals surface area contributed by atoms with Crippen LogP contribution in [0.5, 0.6) is 0 Å². The van der Waals surface area contributed by atoms with Gasteiger partial charge in [0.1, 0.15) is 4.83 Å². The average molecular weight is 367 g/mol. The molecule has 0 spiro atoms. The zero-order valence-electron chi connectivity index (χ0n) is 14.0. The summed E-state index contributed by atoms with van der Waals surface area (Å²) >= 11 is 2.81. The molecule has 0 aliphatic carbocycles. The molecule has 8 heteroatoms. The second-order valence-electron chi connectivity index (χ2n) is 5.95. The second-order valence-corrected chi connectivity index (χ2v) is 8.10. The van der Waals surface area contributed by atoms with Crippen LogP contribution in [0.25, 0.3) is 10.2 Å². The molecule has 1 amide bonds. The fraction of sp³-hybridized carbons (Fsp3) is 0.562. The maximum absolute atomic E-state index is 12.5. The van der Waals surface area contributed by atoms with Crippen molar-refractivity contribution in [1.82, 2.24) is 14.9 Å². The van der Waals surface area contributed by atoms with E-state index in [1.807, 2.05) is 13.8 Å². The number of amides is 1. The van der Waals surface area contributed by atoms with E-state index in [9.17, 15) is 9.59 Å². The Balaban J connectivity index is 1.67. The standard InChI is InChI=1S/C16H21N3O3S2/c1-9-10(2)24-14-13(9)15(21)19(3)16(18-14)23-8-12(20)17-7-11-5-4-6-22-11/h11H,4-8H2,1-3H3,(H,17,20)/t11-/m0/s1. The van der Waals surface area contributed by atoms with Crippen LogP contribution in [0.15, 0.2) is 9.95 Å². The van der Waals surface area contributed by atoms with Crippen LogP contribution < -0.4 is 10.9 Å². The highest BCUT2D eigenvalue weighted by Gasteiger charge is 2.18. The molecule has 1 aliphatic heterocycles. The van der Waals surface area contributed by atoms with Gasteiger partial charge in [-0.1, -0.05) is 11.8 Å². The van der Waals surface area contributed by atoms with Crippen LogP contribution in [-0.2, 0) is 16.6 Å². The van der Waals surface area contributed by atoms with Crippen LogP contribution in [0.3, 0.4) is 0 Å². The number of aromatic nitrogens is 2. The number of thiophene rings is 1. The molecule has 0 saturated carbocycles. The Morgan fingerprint density at radius 1 is 1.50 bits per heavy atom. The molecule has 3 rings (SSSR count). The molecule has 0 radical (unpaired) electrons. The van der Waals surface area contributed by atoms with Crippen molar-refractivity contribution < 1.29 is 9.53 Å². The first-order chi connectivity index (χ1) is 11.5. The zero-order valence-corrected chi connectivity index (χ0v) is 15.7. The summed E-state index contributed by atoms with van der Waals surface area (Å²) in [5, 5.41) is 4.14. The van der Waals surface area contributed by atoms with Gasteiger partial charge >= 0.3 is 0 Å². The average Bonchev–Trinajstić information content (AvgIpc) is 3.16. The Labute approximate surface area is 148 Å². The van der Waals surface area contributed by atoms with Crippen molar-refractivity contribution in [2.45, 2.75) is 37.9 Å². The highest BCUT2D eigenvalue weighted by atomic mass is 32.2. The molecule has 1 aliphatic rings. The summed E-state index contributed by atoms with van der Waals surface area (Å²) in [7, 11) is 1.70. The number of nitrogens with one attached hydrogen (secondary N) is 1. The van der Waals surface area contributed by atoms with Crippen molar-refractivity contribution in [3.8, 4) is 0 Å². The number of ether oxygens (including phenoxy) is 1. The monoisotopic (exact) mass is 367 g/mol. The van der Waals surface area contributed by atoms with E-state index in [2.05, 4.69) is 10.3 Å². The Morgan fingerprint density at radius 3 is 3.00 bits per heavy atom. The van der Waals surface area contributed by atoms with Gasteiger partial charge in [-0.3, -0.25) is 14.2 Å². The molecule has 3 heterocycles. The zero-order chi connectivity index (χ0) is 17.3. The van der Waals surface area contributed by atoms with E-state index in [1.54, 1.807) is 7.05 Å². The van der Waals surface area contributed by atoms with Crippen molar-refractivity contribution >= 4 is 39.2 Å². The molecule has 1 N–H and O–H groups in total. The minimum atomic E-state index is -0.0663. The number of fused-ring (bicyclic) bond motifs is 1. The quantitative estimate of drug-likeness (QED) is 0.646. The van der Waals surface area contributed by atoms with Crippen molar-refractivity contribution in [3.05, 3.63) is 20.8 Å². The van der Waals surface area contributed by atoms with E-state index in [0.717, 1.165) is 34.7 Å². The Bertz CT molecular complexity index is 822. The molecule has 0 unspecified atom stereocenters. The number of hydrogen-bond donors (Lipinski definition) is 1. The molecule has 130 valence electrons. The Morgan fingerprint density at radius 2 is 2.29 bits per heavy atom. The summed E-state index contributed by atoms with van der Waals surface area (Å²) in [5.74, 6) is 0.172. The van der Waals surface area contributed by atoms with Gasteiger partial charge in [-0.15, -0.1) is 11.3 Å². The van der Waals surface area contributed by atoms with Crippen LogP contribution in [0.4, 0.5) is 0 Å². The largest absolute Gasteiger partial charge is 0.376 e. The molecule has 1 atom stereocenters. The Kier molecular flexibility index (Phi) is 5.27. The van der Waals surface area contributed by atoms with Gasteiger partial charge < -0.3 is 10.1 Å². The number of aryl methyl sites for hydroxylation is 2. The molecule has 1 saturated heterocycles. The summed E-state index contributed by atoms with van der Waals surface area (Å²) in [6.07, 6.45) is 2.19. The van der Waals surface area contributed by atoms with Gasteiger partial charge in [0.15, 0.2) is 5.16 Å². The lowest BCUT2D eigenvalue weighted by Gasteiger charge is -2.11. The van der Waals surface area contributed by atoms with E-state index in [0.29, 0.717) is 17.1 Å². The van der Waals surface area contributed by atoms with Crippen LogP contribution in [0, 0.1) is 13.8 Å². The molecular weight excluding hydrogens is 346 g/mol. The lowest BCUT2D eigenvalue weighted by molar-refractivity contribution is -0.119. The maximum atomic E-state index is 12.5. The van der Waals surface area contributed by atoms with E-state index < -0.39 is 0 Å². The highest BCUT2D eigenvalue weighted by molar-refractivity contribution is 7.99. The van der Waals surface area contributed by atoms with Gasteiger partial charge in [-0.05, 0) is 32.3 Å². The minimum absolute atomic E-state index is 0.0517. The number of hydrogen-bond acceptors (Lipinski definition) is 6. The van der Waals surface area contributed by atoms with Crippen LogP contribution in [0.1, 0.15) is 23.3 Å². The van der Waals surface area contributed by atoms with E-state index in [1.165, 1.54) is 27.7 Å². The fourth-order valence-electron chi connectivity index (χ4n) is 2.70. The van der Waals surface area contributed by atoms with Gasteiger partial charge in [0.05, 0.1) is 17.2 Å². The molecule has 2 aromatic rings. The topological polar surface area (TPSA) is 73.2 Å². The lowest BCUT2D eigenvalue weighted by Crippen LogP contribution is -2.33. The van der Waals surface area contributed by atoms with Gasteiger partial charge in [0.2, 0.25) is 5.91 Å². The molecule has 2 aromatic heterocycles. The predicted molar refractivity (Wildman–Crippen MR) is 97.0 cm³/mol. The van der Waals surface area contributed by atoms with Gasteiger partial charge in [-0.2, -0.15) is 0 Å². The van der Waals surface area contributed by atoms with Gasteiger partial charge in [-0.25, -0.2) is 4.98 Å². The predicted octanol–water partition coefficient (Wildman–Crippen LogP) is 2.00. The van der Waals surface area contributed by atoms with E-state index >= 15 is 0 Å². The minimum Gasteiger partial charge on any atom is -0.376 e. The summed E-state index contributed by atoms with van der Waals surface area (Å²) < 4.78 is 7.01. The van der Waals surface area contributed by atoms with Crippen LogP contribution in [0.2, 0.25) is 0 Å². The summed E-state index contributed by atoms with van der Waals surface area (Å²) in [4.78, 5) is 30.9. The Hall–Kier alpha value is -1.38. The fourth-order valence-corrected chi connectivity index (χ4v) is 4.57. The molecular formula is C16H21N3O3S2. The molecule has 6 nitrogen and oxygen atoms in total. The van der Waals surface area contributed by atoms with Crippen LogP contribution in [-0.4, -0.2) is 40.5 Å². The highest BCUT2D eigenvalue weighted by Crippen LogP contribution is 2.27. The van der Waals surface area contributed by atoms with Crippen molar-refractivity contribution in [1.29, 1.82) is 0 Å². The van der Waals surface area contributed by atoms with Crippen molar-refractivity contribution in [2.24, 2.45) is 7.05 Å². The van der Waals surface area contributed by atoms with Crippen LogP contribution >= 0.6 is 23.1 Å². The van der Waals surface area contributed by atoms with Crippen molar-refractivity contribution in [3.63, 3.8) is 0 Å². The SMILES string of the molecule is Cc1sc2nc(SCC(=O)NC[C@@H]3CCCO3)n(C)c(=O)c2c1C. The smallest absolute Gasteiger partial charge is 0.262 e. The first-order valence-corrected chi connectivity index (χ1v) is 9.75. The van der Waals surface area contributed by atoms with Gasteiger partial charge in [0.25, 0.3) is 5.56 Å². The van der Waals surface area contributed by atoms with E-state index in [4.69, 9.17) is 4.74 Å². The normalized spacial score (nSPS) is 17.5. The number of carbonyl (C=O) groups excluding carboxylic acids is 1. The lowest BCUT2D eigenvalue weighted by atomic mass is 10.2. The maximum Gasteiger partial charge on any atom is 0.262 e. The summed E-state index contributed by atoms with van der Waals surface area (Å²) in [6.45, 7) is 5.27. The second kappa shape index (κ2) is 7.25.